The minimum atomic E-state index is -0.472. The van der Waals surface area contributed by atoms with E-state index in [0.717, 1.165) is 40.1 Å². The molecule has 0 spiro atoms. The Hall–Kier alpha value is -3.09. The van der Waals surface area contributed by atoms with Gasteiger partial charge in [-0.25, -0.2) is 14.8 Å². The number of rotatable bonds is 7. The van der Waals surface area contributed by atoms with Crippen LogP contribution in [0.4, 0.5) is 10.6 Å². The van der Waals surface area contributed by atoms with Crippen LogP contribution in [0.15, 0.2) is 30.3 Å². The second-order valence-corrected chi connectivity index (χ2v) is 7.72. The molecule has 0 atom stereocenters. The van der Waals surface area contributed by atoms with Crippen LogP contribution in [0.3, 0.4) is 0 Å². The molecule has 1 amide bonds. The molecule has 0 aliphatic rings. The molecule has 29 heavy (non-hydrogen) atoms. The molecule has 7 heteroatoms. The van der Waals surface area contributed by atoms with Gasteiger partial charge in [-0.15, -0.1) is 0 Å². The van der Waals surface area contributed by atoms with Crippen molar-refractivity contribution in [2.24, 2.45) is 0 Å². The summed E-state index contributed by atoms with van der Waals surface area (Å²) < 4.78 is 5.40. The fourth-order valence-electron chi connectivity index (χ4n) is 2.91. The van der Waals surface area contributed by atoms with E-state index in [2.05, 4.69) is 15.6 Å². The third-order valence-electron chi connectivity index (χ3n) is 5.09. The van der Waals surface area contributed by atoms with Crippen molar-refractivity contribution in [3.8, 4) is 11.4 Å². The molecule has 0 aliphatic carbocycles. The quantitative estimate of drug-likeness (QED) is 0.510. The van der Waals surface area contributed by atoms with E-state index in [4.69, 9.17) is 14.7 Å². The number of aromatic nitrogens is 3. The van der Waals surface area contributed by atoms with Crippen molar-refractivity contribution in [3.05, 3.63) is 41.6 Å². The van der Waals surface area contributed by atoms with Gasteiger partial charge in [-0.1, -0.05) is 37.3 Å². The van der Waals surface area contributed by atoms with E-state index >= 15 is 0 Å². The molecule has 1 aromatic carbocycles. The Balaban J connectivity index is 1.75. The number of benzene rings is 1. The van der Waals surface area contributed by atoms with Crippen LogP contribution in [-0.2, 0) is 4.74 Å². The summed E-state index contributed by atoms with van der Waals surface area (Å²) in [6.45, 7) is 10.8. The Bertz CT molecular complexity index is 995. The largest absolute Gasteiger partial charge is 0.444 e. The van der Waals surface area contributed by atoms with Gasteiger partial charge in [-0.3, -0.25) is 0 Å². The number of carbonyl (C=O) groups excluding carboxylic acids is 1. The highest BCUT2D eigenvalue weighted by molar-refractivity contribution is 5.92. The van der Waals surface area contributed by atoms with Crippen LogP contribution in [0.5, 0.6) is 0 Å². The van der Waals surface area contributed by atoms with Gasteiger partial charge >= 0.3 is 6.09 Å². The highest BCUT2D eigenvalue weighted by Gasteiger charge is 2.20. The Morgan fingerprint density at radius 3 is 2.55 bits per heavy atom. The molecule has 0 saturated carbocycles. The highest BCUT2D eigenvalue weighted by Crippen LogP contribution is 2.29. The predicted octanol–water partition coefficient (Wildman–Crippen LogP) is 4.57. The number of aryl methyl sites for hydroxylation is 2. The number of carbonyl (C=O) groups is 1. The number of anilines is 1. The molecular weight excluding hydrogens is 366 g/mol. The minimum Gasteiger partial charge on any atom is -0.444 e. The van der Waals surface area contributed by atoms with Crippen molar-refractivity contribution in [2.75, 3.05) is 18.4 Å². The number of hydrogen-bond donors (Lipinski definition) is 3. The average Bonchev–Trinajstić information content (AvgIpc) is 2.99. The van der Waals surface area contributed by atoms with Crippen molar-refractivity contribution in [1.82, 2.24) is 20.3 Å². The van der Waals surface area contributed by atoms with E-state index in [1.54, 1.807) is 0 Å². The molecule has 7 nitrogen and oxygen atoms in total. The van der Waals surface area contributed by atoms with E-state index in [1.807, 2.05) is 65.0 Å². The fraction of sp³-hybridized carbons (Fsp3) is 0.409. The third kappa shape index (κ3) is 4.85. The van der Waals surface area contributed by atoms with E-state index in [9.17, 15) is 4.79 Å². The Morgan fingerprint density at radius 2 is 1.86 bits per heavy atom. The maximum atomic E-state index is 11.9. The molecule has 2 aromatic heterocycles. The molecule has 3 aromatic rings. The lowest BCUT2D eigenvalue weighted by atomic mass is 10.1. The number of nitrogens with one attached hydrogen (secondary N) is 3. The van der Waals surface area contributed by atoms with E-state index in [1.165, 1.54) is 0 Å². The standard InChI is InChI=1S/C22H29N5O2/c1-6-22(4,5)29-21(28)24-13-12-23-19-17-14(2)15(3)25-20(17)27-18(26-19)16-10-8-7-9-11-16/h7-11H,6,12-13H2,1-5H3,(H,24,28)(H2,23,25,26,27). The van der Waals surface area contributed by atoms with Gasteiger partial charge in [0.15, 0.2) is 5.82 Å². The van der Waals surface area contributed by atoms with Gasteiger partial charge in [-0.05, 0) is 39.7 Å². The van der Waals surface area contributed by atoms with Gasteiger partial charge in [0.25, 0.3) is 0 Å². The average molecular weight is 396 g/mol. The van der Waals surface area contributed by atoms with Gasteiger partial charge in [0.1, 0.15) is 17.1 Å². The van der Waals surface area contributed by atoms with Gasteiger partial charge in [0.05, 0.1) is 5.39 Å². The van der Waals surface area contributed by atoms with Gasteiger partial charge < -0.3 is 20.4 Å². The minimum absolute atomic E-state index is 0.412. The summed E-state index contributed by atoms with van der Waals surface area (Å²) in [4.78, 5) is 24.7. The zero-order valence-electron chi connectivity index (χ0n) is 17.7. The first-order chi connectivity index (χ1) is 13.8. The first-order valence-electron chi connectivity index (χ1n) is 9.94. The van der Waals surface area contributed by atoms with Gasteiger partial charge in [0.2, 0.25) is 0 Å². The van der Waals surface area contributed by atoms with E-state index in [0.29, 0.717) is 18.9 Å². The Morgan fingerprint density at radius 1 is 1.14 bits per heavy atom. The number of hydrogen-bond acceptors (Lipinski definition) is 5. The summed E-state index contributed by atoms with van der Waals surface area (Å²) >= 11 is 0. The summed E-state index contributed by atoms with van der Waals surface area (Å²) in [5, 5.41) is 7.09. The van der Waals surface area contributed by atoms with Crippen molar-refractivity contribution < 1.29 is 9.53 Å². The fourth-order valence-corrected chi connectivity index (χ4v) is 2.91. The number of amides is 1. The molecule has 2 heterocycles. The molecule has 3 N–H and O–H groups in total. The van der Waals surface area contributed by atoms with Crippen LogP contribution in [0, 0.1) is 13.8 Å². The molecular formula is C22H29N5O2. The molecule has 154 valence electrons. The smallest absolute Gasteiger partial charge is 0.407 e. The van der Waals surface area contributed by atoms with Crippen molar-refractivity contribution in [3.63, 3.8) is 0 Å². The zero-order valence-corrected chi connectivity index (χ0v) is 17.7. The van der Waals surface area contributed by atoms with Crippen molar-refractivity contribution in [2.45, 2.75) is 46.6 Å². The summed E-state index contributed by atoms with van der Waals surface area (Å²) in [6, 6.07) is 9.87. The normalized spacial score (nSPS) is 11.5. The Kier molecular flexibility index (Phi) is 6.06. The van der Waals surface area contributed by atoms with E-state index in [-0.39, 0.29) is 0 Å². The van der Waals surface area contributed by atoms with Crippen LogP contribution >= 0.6 is 0 Å². The molecule has 0 saturated heterocycles. The topological polar surface area (TPSA) is 91.9 Å². The van der Waals surface area contributed by atoms with Crippen molar-refractivity contribution >= 4 is 22.9 Å². The summed E-state index contributed by atoms with van der Waals surface area (Å²) in [7, 11) is 0. The number of nitrogens with zero attached hydrogens (tertiary/aromatic N) is 2. The first-order valence-corrected chi connectivity index (χ1v) is 9.94. The van der Waals surface area contributed by atoms with E-state index < -0.39 is 11.7 Å². The summed E-state index contributed by atoms with van der Waals surface area (Å²) in [5.41, 5.74) is 3.45. The Labute approximate surface area is 171 Å². The predicted molar refractivity (Wildman–Crippen MR) is 116 cm³/mol. The number of aromatic amines is 1. The number of alkyl carbamates (subject to hydrolysis) is 1. The lowest BCUT2D eigenvalue weighted by Gasteiger charge is -2.23. The van der Waals surface area contributed by atoms with Crippen molar-refractivity contribution in [1.29, 1.82) is 0 Å². The van der Waals surface area contributed by atoms with Gasteiger partial charge in [0, 0.05) is 24.3 Å². The van der Waals surface area contributed by atoms with Crippen LogP contribution in [0.2, 0.25) is 0 Å². The monoisotopic (exact) mass is 395 g/mol. The molecule has 0 bridgehead atoms. The number of ether oxygens (including phenoxy) is 1. The molecule has 3 rings (SSSR count). The molecule has 0 unspecified atom stereocenters. The van der Waals surface area contributed by atoms with Crippen LogP contribution in [-0.4, -0.2) is 39.7 Å². The van der Waals surface area contributed by atoms with Crippen LogP contribution in [0.25, 0.3) is 22.4 Å². The lowest BCUT2D eigenvalue weighted by molar-refractivity contribution is 0.0365. The summed E-state index contributed by atoms with van der Waals surface area (Å²) in [6.07, 6.45) is 0.344. The second-order valence-electron chi connectivity index (χ2n) is 7.72. The van der Waals surface area contributed by atoms with Gasteiger partial charge in [-0.2, -0.15) is 0 Å². The third-order valence-corrected chi connectivity index (χ3v) is 5.09. The van der Waals surface area contributed by atoms with Crippen LogP contribution in [0.1, 0.15) is 38.4 Å². The number of fused-ring (bicyclic) bond motifs is 1. The molecule has 0 radical (unpaired) electrons. The first kappa shape index (κ1) is 20.6. The maximum Gasteiger partial charge on any atom is 0.407 e. The summed E-state index contributed by atoms with van der Waals surface area (Å²) in [5.74, 6) is 1.40. The SMILES string of the molecule is CCC(C)(C)OC(=O)NCCNc1nc(-c2ccccc2)nc2[nH]c(C)c(C)c12. The lowest BCUT2D eigenvalue weighted by Crippen LogP contribution is -2.36. The molecule has 0 fully saturated rings. The number of H-pyrrole nitrogens is 1. The van der Waals surface area contributed by atoms with Crippen LogP contribution < -0.4 is 10.6 Å². The maximum absolute atomic E-state index is 11.9. The molecule has 0 aliphatic heterocycles. The second kappa shape index (κ2) is 8.51. The zero-order chi connectivity index (χ0) is 21.0. The highest BCUT2D eigenvalue weighted by atomic mass is 16.6.